The fraction of sp³-hybridized carbons (Fsp3) is 0.933. The predicted molar refractivity (Wildman–Crippen MR) is 79.4 cm³/mol. The summed E-state index contributed by atoms with van der Waals surface area (Å²) in [5.41, 5.74) is 6.03. The second-order valence-corrected chi connectivity index (χ2v) is 6.35. The zero-order chi connectivity index (χ0) is 14.4. The third-order valence-corrected chi connectivity index (χ3v) is 4.49. The Morgan fingerprint density at radius 2 is 2.15 bits per heavy atom. The van der Waals surface area contributed by atoms with Crippen molar-refractivity contribution in [3.05, 3.63) is 0 Å². The highest BCUT2D eigenvalue weighted by Crippen LogP contribution is 2.26. The van der Waals surface area contributed by atoms with E-state index in [0.717, 1.165) is 26.1 Å². The summed E-state index contributed by atoms with van der Waals surface area (Å²) < 4.78 is 5.63. The van der Waals surface area contributed by atoms with Crippen molar-refractivity contribution >= 4 is 5.91 Å². The lowest BCUT2D eigenvalue weighted by Crippen LogP contribution is -2.49. The van der Waals surface area contributed by atoms with Crippen LogP contribution in [0.3, 0.4) is 0 Å². The van der Waals surface area contributed by atoms with Gasteiger partial charge < -0.3 is 20.7 Å². The third kappa shape index (κ3) is 5.04. The van der Waals surface area contributed by atoms with E-state index in [1.165, 1.54) is 32.1 Å². The Morgan fingerprint density at radius 3 is 2.85 bits per heavy atom. The number of morpholine rings is 1. The van der Waals surface area contributed by atoms with Gasteiger partial charge in [-0.15, -0.1) is 0 Å². The lowest BCUT2D eigenvalue weighted by molar-refractivity contribution is -0.124. The van der Waals surface area contributed by atoms with Crippen molar-refractivity contribution in [2.45, 2.75) is 50.7 Å². The van der Waals surface area contributed by atoms with E-state index in [0.29, 0.717) is 12.5 Å². The molecule has 0 bridgehead atoms. The summed E-state index contributed by atoms with van der Waals surface area (Å²) in [5, 5.41) is 2.95. The predicted octanol–water partition coefficient (Wildman–Crippen LogP) is 0.731. The van der Waals surface area contributed by atoms with E-state index in [1.54, 1.807) is 0 Å². The van der Waals surface area contributed by atoms with E-state index in [-0.39, 0.29) is 18.1 Å². The maximum atomic E-state index is 12.0. The van der Waals surface area contributed by atoms with Gasteiger partial charge in [0.2, 0.25) is 5.91 Å². The largest absolute Gasteiger partial charge is 0.374 e. The standard InChI is InChI=1S/C15H29N3O2/c1-18-7-8-20-13(11-18)10-17-15(19)14(16)9-12-5-3-2-4-6-12/h12-14H,2-11,16H2,1H3,(H,17,19). The lowest BCUT2D eigenvalue weighted by Gasteiger charge is -2.30. The highest BCUT2D eigenvalue weighted by molar-refractivity contribution is 5.81. The Labute approximate surface area is 122 Å². The normalized spacial score (nSPS) is 27.2. The molecule has 0 aromatic rings. The van der Waals surface area contributed by atoms with Gasteiger partial charge in [0.25, 0.3) is 0 Å². The minimum Gasteiger partial charge on any atom is -0.374 e. The van der Waals surface area contributed by atoms with Gasteiger partial charge in [-0.1, -0.05) is 32.1 Å². The summed E-state index contributed by atoms with van der Waals surface area (Å²) in [5.74, 6) is 0.619. The number of nitrogens with one attached hydrogen (secondary N) is 1. The summed E-state index contributed by atoms with van der Waals surface area (Å²) in [4.78, 5) is 14.3. The van der Waals surface area contributed by atoms with Crippen molar-refractivity contribution in [2.75, 3.05) is 33.3 Å². The van der Waals surface area contributed by atoms with Gasteiger partial charge in [0, 0.05) is 19.6 Å². The fourth-order valence-corrected chi connectivity index (χ4v) is 3.22. The van der Waals surface area contributed by atoms with Gasteiger partial charge in [-0.25, -0.2) is 0 Å². The molecular formula is C15H29N3O2. The van der Waals surface area contributed by atoms with Crippen LogP contribution in [0.15, 0.2) is 0 Å². The second-order valence-electron chi connectivity index (χ2n) is 6.35. The molecule has 1 aliphatic heterocycles. The first kappa shape index (κ1) is 15.7. The molecule has 1 heterocycles. The van der Waals surface area contributed by atoms with Gasteiger partial charge in [0.1, 0.15) is 0 Å². The zero-order valence-corrected chi connectivity index (χ0v) is 12.6. The smallest absolute Gasteiger partial charge is 0.237 e. The Balaban J connectivity index is 1.65. The van der Waals surface area contributed by atoms with Gasteiger partial charge in [0.15, 0.2) is 0 Å². The molecule has 1 saturated carbocycles. The van der Waals surface area contributed by atoms with Crippen molar-refractivity contribution in [3.63, 3.8) is 0 Å². The van der Waals surface area contributed by atoms with E-state index >= 15 is 0 Å². The molecule has 2 unspecified atom stereocenters. The van der Waals surface area contributed by atoms with E-state index in [9.17, 15) is 4.79 Å². The molecule has 2 rings (SSSR count). The van der Waals surface area contributed by atoms with Crippen molar-refractivity contribution in [1.29, 1.82) is 0 Å². The van der Waals surface area contributed by atoms with Crippen LogP contribution in [0.1, 0.15) is 38.5 Å². The molecule has 2 fully saturated rings. The van der Waals surface area contributed by atoms with Crippen LogP contribution in [0.5, 0.6) is 0 Å². The lowest BCUT2D eigenvalue weighted by atomic mass is 9.85. The van der Waals surface area contributed by atoms with Gasteiger partial charge in [-0.2, -0.15) is 0 Å². The van der Waals surface area contributed by atoms with Crippen LogP contribution >= 0.6 is 0 Å². The van der Waals surface area contributed by atoms with Crippen LogP contribution in [-0.4, -0.2) is 56.2 Å². The molecule has 5 nitrogen and oxygen atoms in total. The van der Waals surface area contributed by atoms with Crippen LogP contribution in [0.2, 0.25) is 0 Å². The first-order valence-electron chi connectivity index (χ1n) is 7.98. The molecule has 0 aromatic carbocycles. The minimum atomic E-state index is -0.362. The van der Waals surface area contributed by atoms with Crippen LogP contribution < -0.4 is 11.1 Å². The molecule has 0 radical (unpaired) electrons. The quantitative estimate of drug-likeness (QED) is 0.780. The number of ether oxygens (including phenoxy) is 1. The molecule has 116 valence electrons. The highest BCUT2D eigenvalue weighted by atomic mass is 16.5. The van der Waals surface area contributed by atoms with Crippen LogP contribution in [0.25, 0.3) is 0 Å². The average molecular weight is 283 g/mol. The van der Waals surface area contributed by atoms with Gasteiger partial charge in [-0.3, -0.25) is 4.79 Å². The van der Waals surface area contributed by atoms with Gasteiger partial charge in [-0.05, 0) is 19.4 Å². The first-order chi connectivity index (χ1) is 9.65. The van der Waals surface area contributed by atoms with Crippen molar-refractivity contribution in [3.8, 4) is 0 Å². The van der Waals surface area contributed by atoms with Gasteiger partial charge >= 0.3 is 0 Å². The maximum Gasteiger partial charge on any atom is 0.237 e. The molecule has 1 aliphatic carbocycles. The highest BCUT2D eigenvalue weighted by Gasteiger charge is 2.23. The summed E-state index contributed by atoms with van der Waals surface area (Å²) >= 11 is 0. The number of nitrogens with zero attached hydrogens (tertiary/aromatic N) is 1. The number of likely N-dealkylation sites (N-methyl/N-ethyl adjacent to an activating group) is 1. The Morgan fingerprint density at radius 1 is 1.40 bits per heavy atom. The van der Waals surface area contributed by atoms with Crippen molar-refractivity contribution < 1.29 is 9.53 Å². The molecule has 0 aromatic heterocycles. The number of rotatable bonds is 5. The maximum absolute atomic E-state index is 12.0. The van der Waals surface area contributed by atoms with Gasteiger partial charge in [0.05, 0.1) is 18.8 Å². The number of carbonyl (C=O) groups is 1. The number of hydrogen-bond acceptors (Lipinski definition) is 4. The summed E-state index contributed by atoms with van der Waals surface area (Å²) in [6.07, 6.45) is 7.32. The van der Waals surface area contributed by atoms with E-state index in [4.69, 9.17) is 10.5 Å². The van der Waals surface area contributed by atoms with Crippen molar-refractivity contribution in [2.24, 2.45) is 11.7 Å². The molecule has 20 heavy (non-hydrogen) atoms. The molecule has 5 heteroatoms. The topological polar surface area (TPSA) is 67.6 Å². The SMILES string of the molecule is CN1CCOC(CNC(=O)C(N)CC2CCCCC2)C1. The molecule has 2 atom stereocenters. The molecule has 1 saturated heterocycles. The Kier molecular flexibility index (Phi) is 6.26. The third-order valence-electron chi connectivity index (χ3n) is 4.49. The molecule has 1 amide bonds. The monoisotopic (exact) mass is 283 g/mol. The first-order valence-corrected chi connectivity index (χ1v) is 7.98. The van der Waals surface area contributed by atoms with E-state index in [2.05, 4.69) is 17.3 Å². The Hall–Kier alpha value is -0.650. The molecule has 3 N–H and O–H groups in total. The number of carbonyl (C=O) groups excluding carboxylic acids is 1. The van der Waals surface area contributed by atoms with Crippen LogP contribution in [-0.2, 0) is 9.53 Å². The van der Waals surface area contributed by atoms with E-state index < -0.39 is 0 Å². The summed E-state index contributed by atoms with van der Waals surface area (Å²) in [7, 11) is 2.08. The minimum absolute atomic E-state index is 0.0209. The average Bonchev–Trinajstić information content (AvgIpc) is 2.46. The second kappa shape index (κ2) is 7.96. The number of hydrogen-bond donors (Lipinski definition) is 2. The fourth-order valence-electron chi connectivity index (χ4n) is 3.22. The van der Waals surface area contributed by atoms with Crippen molar-refractivity contribution in [1.82, 2.24) is 10.2 Å². The molecule has 2 aliphatic rings. The molecule has 0 spiro atoms. The van der Waals surface area contributed by atoms with Crippen LogP contribution in [0.4, 0.5) is 0 Å². The van der Waals surface area contributed by atoms with E-state index in [1.807, 2.05) is 0 Å². The molecular weight excluding hydrogens is 254 g/mol. The number of amides is 1. The Bertz CT molecular complexity index is 305. The zero-order valence-electron chi connectivity index (χ0n) is 12.6. The number of nitrogens with two attached hydrogens (primary N) is 1. The summed E-state index contributed by atoms with van der Waals surface area (Å²) in [6.45, 7) is 3.15. The van der Waals surface area contributed by atoms with Crippen LogP contribution in [0, 0.1) is 5.92 Å². The summed E-state index contributed by atoms with van der Waals surface area (Å²) in [6, 6.07) is -0.362.